The zero-order valence-corrected chi connectivity index (χ0v) is 9.84. The van der Waals surface area contributed by atoms with Crippen molar-refractivity contribution < 1.29 is 14.9 Å². The predicted octanol–water partition coefficient (Wildman–Crippen LogP) is 2.06. The van der Waals surface area contributed by atoms with E-state index in [1.807, 2.05) is 48.5 Å². The minimum atomic E-state index is -0.786. The number of fused-ring (bicyclic) bond motifs is 2. The van der Waals surface area contributed by atoms with Crippen LogP contribution in [0.3, 0.4) is 0 Å². The van der Waals surface area contributed by atoms with Gasteiger partial charge in [0.15, 0.2) is 0 Å². The van der Waals surface area contributed by atoms with E-state index in [1.54, 1.807) is 0 Å². The Labute approximate surface area is 105 Å². The maximum absolute atomic E-state index is 9.82. The van der Waals surface area contributed by atoms with E-state index in [-0.39, 0.29) is 13.2 Å². The van der Waals surface area contributed by atoms with Crippen LogP contribution in [0.2, 0.25) is 0 Å². The number of benzene rings is 2. The van der Waals surface area contributed by atoms with Crippen LogP contribution in [-0.2, 0) is 5.41 Å². The molecule has 1 heterocycles. The Morgan fingerprint density at radius 1 is 0.778 bits per heavy atom. The second-order valence-corrected chi connectivity index (χ2v) is 4.49. The number of rotatable bonds is 2. The molecule has 1 aliphatic rings. The SMILES string of the molecule is OCC1(CO)c2ccccc2Oc2ccccc21. The van der Waals surface area contributed by atoms with E-state index in [4.69, 9.17) is 4.74 Å². The fourth-order valence-electron chi connectivity index (χ4n) is 2.56. The Morgan fingerprint density at radius 3 is 1.67 bits per heavy atom. The lowest BCUT2D eigenvalue weighted by molar-refractivity contribution is 0.135. The molecular weight excluding hydrogens is 228 g/mol. The summed E-state index contributed by atoms with van der Waals surface area (Å²) >= 11 is 0. The van der Waals surface area contributed by atoms with Gasteiger partial charge in [-0.2, -0.15) is 0 Å². The van der Waals surface area contributed by atoms with Gasteiger partial charge >= 0.3 is 0 Å². The Kier molecular flexibility index (Phi) is 2.58. The van der Waals surface area contributed by atoms with E-state index in [0.29, 0.717) is 11.5 Å². The third-order valence-corrected chi connectivity index (χ3v) is 3.57. The molecule has 0 aliphatic carbocycles. The second kappa shape index (κ2) is 4.12. The van der Waals surface area contributed by atoms with E-state index < -0.39 is 5.41 Å². The normalized spacial score (nSPS) is 15.4. The van der Waals surface area contributed by atoms with Crippen molar-refractivity contribution in [1.29, 1.82) is 0 Å². The molecule has 2 N–H and O–H groups in total. The predicted molar refractivity (Wildman–Crippen MR) is 67.9 cm³/mol. The zero-order chi connectivity index (χ0) is 12.6. The summed E-state index contributed by atoms with van der Waals surface area (Å²) in [6.07, 6.45) is 0. The van der Waals surface area contributed by atoms with Gasteiger partial charge in [0.1, 0.15) is 11.5 Å². The van der Waals surface area contributed by atoms with E-state index in [1.165, 1.54) is 0 Å². The number of hydrogen-bond acceptors (Lipinski definition) is 3. The lowest BCUT2D eigenvalue weighted by Gasteiger charge is -2.37. The molecule has 92 valence electrons. The van der Waals surface area contributed by atoms with E-state index in [0.717, 1.165) is 11.1 Å². The molecule has 2 aromatic rings. The number of hydrogen-bond donors (Lipinski definition) is 2. The first-order valence-corrected chi connectivity index (χ1v) is 5.90. The van der Waals surface area contributed by atoms with Crippen LogP contribution in [0.25, 0.3) is 0 Å². The van der Waals surface area contributed by atoms with Crippen LogP contribution in [0.15, 0.2) is 48.5 Å². The van der Waals surface area contributed by atoms with Crippen molar-refractivity contribution in [3.05, 3.63) is 59.7 Å². The summed E-state index contributed by atoms with van der Waals surface area (Å²) in [5.74, 6) is 1.39. The fourth-order valence-corrected chi connectivity index (χ4v) is 2.56. The molecule has 3 nitrogen and oxygen atoms in total. The smallest absolute Gasteiger partial charge is 0.131 e. The minimum Gasteiger partial charge on any atom is -0.457 e. The van der Waals surface area contributed by atoms with Gasteiger partial charge in [0, 0.05) is 11.1 Å². The molecule has 3 rings (SSSR count). The van der Waals surface area contributed by atoms with Crippen molar-refractivity contribution in [1.82, 2.24) is 0 Å². The summed E-state index contributed by atoms with van der Waals surface area (Å²) < 4.78 is 5.81. The molecule has 3 heteroatoms. The monoisotopic (exact) mass is 242 g/mol. The topological polar surface area (TPSA) is 49.7 Å². The lowest BCUT2D eigenvalue weighted by Crippen LogP contribution is -2.38. The molecule has 0 bridgehead atoms. The summed E-state index contributed by atoms with van der Waals surface area (Å²) in [7, 11) is 0. The highest BCUT2D eigenvalue weighted by molar-refractivity contribution is 5.57. The van der Waals surface area contributed by atoms with Crippen molar-refractivity contribution in [3.63, 3.8) is 0 Å². The molecule has 0 saturated carbocycles. The van der Waals surface area contributed by atoms with Crippen LogP contribution >= 0.6 is 0 Å². The van der Waals surface area contributed by atoms with Gasteiger partial charge in [0.25, 0.3) is 0 Å². The van der Waals surface area contributed by atoms with Crippen LogP contribution in [0.5, 0.6) is 11.5 Å². The van der Waals surface area contributed by atoms with Gasteiger partial charge in [0.05, 0.1) is 18.6 Å². The molecule has 0 amide bonds. The summed E-state index contributed by atoms with van der Waals surface area (Å²) in [6, 6.07) is 15.0. The van der Waals surface area contributed by atoms with Crippen LogP contribution in [0.4, 0.5) is 0 Å². The molecular formula is C15H14O3. The Hall–Kier alpha value is -1.84. The van der Waals surface area contributed by atoms with Crippen LogP contribution in [0.1, 0.15) is 11.1 Å². The summed E-state index contributed by atoms with van der Waals surface area (Å²) in [5.41, 5.74) is 0.869. The molecule has 0 atom stereocenters. The molecule has 0 aromatic heterocycles. The largest absolute Gasteiger partial charge is 0.457 e. The van der Waals surface area contributed by atoms with Gasteiger partial charge in [-0.25, -0.2) is 0 Å². The molecule has 2 aromatic carbocycles. The summed E-state index contributed by atoms with van der Waals surface area (Å²) in [5, 5.41) is 19.6. The van der Waals surface area contributed by atoms with Crippen molar-refractivity contribution in [2.24, 2.45) is 0 Å². The standard InChI is InChI=1S/C15H14O3/c16-9-15(10-17)11-5-1-3-7-13(11)18-14-8-4-2-6-12(14)15/h1-8,16-17H,9-10H2. The lowest BCUT2D eigenvalue weighted by atomic mass is 9.73. The molecule has 0 radical (unpaired) electrons. The summed E-state index contributed by atoms with van der Waals surface area (Å²) in [6.45, 7) is -0.304. The van der Waals surface area contributed by atoms with E-state index >= 15 is 0 Å². The first-order valence-electron chi connectivity index (χ1n) is 5.90. The molecule has 18 heavy (non-hydrogen) atoms. The Morgan fingerprint density at radius 2 is 1.22 bits per heavy atom. The average Bonchev–Trinajstić information content (AvgIpc) is 2.45. The second-order valence-electron chi connectivity index (χ2n) is 4.49. The Balaban J connectivity index is 2.30. The van der Waals surface area contributed by atoms with Crippen LogP contribution in [-0.4, -0.2) is 23.4 Å². The number of aliphatic hydroxyl groups is 2. The molecule has 0 spiro atoms. The van der Waals surface area contributed by atoms with E-state index in [2.05, 4.69) is 0 Å². The highest BCUT2D eigenvalue weighted by Gasteiger charge is 2.41. The highest BCUT2D eigenvalue weighted by Crippen LogP contribution is 2.47. The average molecular weight is 242 g/mol. The summed E-state index contributed by atoms with van der Waals surface area (Å²) in [4.78, 5) is 0. The third-order valence-electron chi connectivity index (χ3n) is 3.57. The van der Waals surface area contributed by atoms with Crippen molar-refractivity contribution in [2.45, 2.75) is 5.41 Å². The van der Waals surface area contributed by atoms with Gasteiger partial charge in [-0.3, -0.25) is 0 Å². The first kappa shape index (κ1) is 11.3. The van der Waals surface area contributed by atoms with Crippen molar-refractivity contribution >= 4 is 0 Å². The van der Waals surface area contributed by atoms with Gasteiger partial charge in [-0.1, -0.05) is 36.4 Å². The molecule has 0 unspecified atom stereocenters. The van der Waals surface area contributed by atoms with Gasteiger partial charge in [-0.05, 0) is 12.1 Å². The van der Waals surface area contributed by atoms with Gasteiger partial charge in [-0.15, -0.1) is 0 Å². The third kappa shape index (κ3) is 1.38. The number of para-hydroxylation sites is 2. The molecule has 1 aliphatic heterocycles. The number of ether oxygens (including phenoxy) is 1. The first-order chi connectivity index (χ1) is 8.81. The van der Waals surface area contributed by atoms with Gasteiger partial charge in [0.2, 0.25) is 0 Å². The maximum atomic E-state index is 9.82. The molecule has 0 saturated heterocycles. The highest BCUT2D eigenvalue weighted by atomic mass is 16.5. The Bertz CT molecular complexity index is 526. The quantitative estimate of drug-likeness (QED) is 0.847. The van der Waals surface area contributed by atoms with E-state index in [9.17, 15) is 10.2 Å². The van der Waals surface area contributed by atoms with Crippen molar-refractivity contribution in [3.8, 4) is 11.5 Å². The van der Waals surface area contributed by atoms with Crippen LogP contribution in [0, 0.1) is 0 Å². The van der Waals surface area contributed by atoms with Gasteiger partial charge < -0.3 is 14.9 Å². The number of aliphatic hydroxyl groups excluding tert-OH is 2. The maximum Gasteiger partial charge on any atom is 0.131 e. The van der Waals surface area contributed by atoms with Crippen LogP contribution < -0.4 is 4.74 Å². The molecule has 0 fully saturated rings. The zero-order valence-electron chi connectivity index (χ0n) is 9.84. The van der Waals surface area contributed by atoms with Crippen molar-refractivity contribution in [2.75, 3.05) is 13.2 Å². The fraction of sp³-hybridized carbons (Fsp3) is 0.200. The minimum absolute atomic E-state index is 0.152.